The summed E-state index contributed by atoms with van der Waals surface area (Å²) in [6.07, 6.45) is 4.49. The summed E-state index contributed by atoms with van der Waals surface area (Å²) in [5.41, 5.74) is 5.02. The summed E-state index contributed by atoms with van der Waals surface area (Å²) in [6.45, 7) is 0.544. The van der Waals surface area contributed by atoms with Crippen molar-refractivity contribution >= 4 is 29.2 Å². The maximum Gasteiger partial charge on any atom is 0.267 e. The molecule has 1 saturated carbocycles. The van der Waals surface area contributed by atoms with E-state index in [9.17, 15) is 4.79 Å². The maximum absolute atomic E-state index is 13.8. The molecule has 2 atom stereocenters. The zero-order valence-corrected chi connectivity index (χ0v) is 21.4. The van der Waals surface area contributed by atoms with E-state index in [0.717, 1.165) is 35.9 Å². The van der Waals surface area contributed by atoms with Crippen molar-refractivity contribution in [1.29, 1.82) is 0 Å². The second kappa shape index (κ2) is 9.17. The second-order valence-electron chi connectivity index (χ2n) is 10.3. The summed E-state index contributed by atoms with van der Waals surface area (Å²) in [4.78, 5) is 22.7. The van der Waals surface area contributed by atoms with Gasteiger partial charge in [-0.2, -0.15) is 5.10 Å². The average molecular weight is 503 g/mol. The number of benzene rings is 3. The highest BCUT2D eigenvalue weighted by Gasteiger charge is 2.48. The van der Waals surface area contributed by atoms with Crippen LogP contribution in [-0.2, 0) is 6.54 Å². The number of hydrogen-bond donors (Lipinski definition) is 1. The average Bonchev–Trinajstić information content (AvgIpc) is 3.52. The number of guanidine groups is 1. The highest BCUT2D eigenvalue weighted by molar-refractivity contribution is 6.21. The summed E-state index contributed by atoms with van der Waals surface area (Å²) in [5, 5.41) is 8.62. The van der Waals surface area contributed by atoms with Crippen LogP contribution in [0.25, 0.3) is 11.1 Å². The Hall–Kier alpha value is -4.39. The Morgan fingerprint density at radius 3 is 2.32 bits per heavy atom. The number of nitrogens with zero attached hydrogens (tertiary/aromatic N) is 5. The quantitative estimate of drug-likeness (QED) is 0.368. The Labute approximate surface area is 222 Å². The van der Waals surface area contributed by atoms with Gasteiger partial charge in [0, 0.05) is 12.7 Å². The first-order valence-corrected chi connectivity index (χ1v) is 13.4. The molecule has 0 saturated heterocycles. The minimum absolute atomic E-state index is 0.0715. The molecule has 0 spiro atoms. The smallest absolute Gasteiger partial charge is 0.267 e. The van der Waals surface area contributed by atoms with E-state index in [2.05, 4.69) is 58.7 Å². The Kier molecular flexibility index (Phi) is 5.50. The molecule has 1 amide bonds. The van der Waals surface area contributed by atoms with E-state index in [1.54, 1.807) is 4.90 Å². The van der Waals surface area contributed by atoms with Gasteiger partial charge in [-0.1, -0.05) is 85.6 Å². The third-order valence-electron chi connectivity index (χ3n) is 7.93. The van der Waals surface area contributed by atoms with Crippen LogP contribution in [0.5, 0.6) is 0 Å². The predicted molar refractivity (Wildman–Crippen MR) is 151 cm³/mol. The summed E-state index contributed by atoms with van der Waals surface area (Å²) in [7, 11) is 1.83. The van der Waals surface area contributed by atoms with Crippen LogP contribution in [0.1, 0.15) is 41.6 Å². The zero-order chi connectivity index (χ0) is 25.6. The molecule has 3 aliphatic rings. The van der Waals surface area contributed by atoms with E-state index in [1.807, 2.05) is 48.1 Å². The van der Waals surface area contributed by atoms with Gasteiger partial charge in [0.05, 0.1) is 18.6 Å². The SMILES string of the molecule is CN1C(=O)c2c(nn(Cc3ccc(-c4ccccc4)cc3)c2Nc2ccccc2)N2C1=N[C@@H]1CCCC[C@@H]12. The lowest BCUT2D eigenvalue weighted by Crippen LogP contribution is -2.52. The number of amides is 1. The molecule has 0 radical (unpaired) electrons. The van der Waals surface area contributed by atoms with Gasteiger partial charge in [0.15, 0.2) is 5.82 Å². The molecule has 4 aromatic rings. The van der Waals surface area contributed by atoms with Gasteiger partial charge in [-0.05, 0) is 41.7 Å². The molecule has 1 aromatic heterocycles. The number of carbonyl (C=O) groups is 1. The highest BCUT2D eigenvalue weighted by atomic mass is 16.2. The van der Waals surface area contributed by atoms with Crippen molar-refractivity contribution in [2.24, 2.45) is 4.99 Å². The summed E-state index contributed by atoms with van der Waals surface area (Å²) < 4.78 is 1.94. The molecule has 7 heteroatoms. The largest absolute Gasteiger partial charge is 0.340 e. The minimum atomic E-state index is -0.0715. The van der Waals surface area contributed by atoms with Gasteiger partial charge in [0.1, 0.15) is 11.4 Å². The topological polar surface area (TPSA) is 65.8 Å². The van der Waals surface area contributed by atoms with Gasteiger partial charge in [-0.3, -0.25) is 14.6 Å². The number of hydrogen-bond acceptors (Lipinski definition) is 5. The van der Waals surface area contributed by atoms with E-state index in [1.165, 1.54) is 24.0 Å². The number of carbonyl (C=O) groups excluding carboxylic acids is 1. The first kappa shape index (κ1) is 22.8. The Morgan fingerprint density at radius 1 is 0.868 bits per heavy atom. The number of para-hydroxylation sites is 1. The third kappa shape index (κ3) is 3.77. The van der Waals surface area contributed by atoms with Crippen molar-refractivity contribution in [1.82, 2.24) is 14.7 Å². The lowest BCUT2D eigenvalue weighted by Gasteiger charge is -2.36. The van der Waals surface area contributed by atoms with Crippen LogP contribution in [-0.4, -0.2) is 45.7 Å². The van der Waals surface area contributed by atoms with Crippen molar-refractivity contribution in [3.05, 3.63) is 96.1 Å². The summed E-state index contributed by atoms with van der Waals surface area (Å²) >= 11 is 0. The fourth-order valence-corrected chi connectivity index (χ4v) is 5.98. The highest BCUT2D eigenvalue weighted by Crippen LogP contribution is 2.42. The molecular weight excluding hydrogens is 472 g/mol. The Bertz CT molecular complexity index is 1510. The van der Waals surface area contributed by atoms with Gasteiger partial charge in [0.25, 0.3) is 5.91 Å². The lowest BCUT2D eigenvalue weighted by molar-refractivity contribution is 0.0866. The molecule has 1 aliphatic carbocycles. The van der Waals surface area contributed by atoms with Gasteiger partial charge in [-0.15, -0.1) is 0 Å². The van der Waals surface area contributed by atoms with Crippen molar-refractivity contribution in [2.45, 2.75) is 44.3 Å². The standard InChI is InChI=1S/C31H30N6O/c1-35-30(38)27-28(32-24-12-6-3-7-13-24)36(20-21-16-18-23(19-17-21)22-10-4-2-5-11-22)34-29(27)37-26-15-9-8-14-25(26)33-31(35)37/h2-7,10-13,16-19,25-26,32H,8-9,14-15,20H2,1H3/t25-,26+/m1/s1. The van der Waals surface area contributed by atoms with E-state index < -0.39 is 0 Å². The van der Waals surface area contributed by atoms with Crippen molar-refractivity contribution in [3.63, 3.8) is 0 Å². The van der Waals surface area contributed by atoms with E-state index in [4.69, 9.17) is 10.1 Å². The molecule has 1 N–H and O–H groups in total. The fourth-order valence-electron chi connectivity index (χ4n) is 5.98. The molecule has 190 valence electrons. The minimum Gasteiger partial charge on any atom is -0.340 e. The molecular formula is C31H30N6O. The fraction of sp³-hybridized carbons (Fsp3) is 0.258. The number of anilines is 3. The van der Waals surface area contributed by atoms with Crippen LogP contribution < -0.4 is 10.2 Å². The van der Waals surface area contributed by atoms with Crippen molar-refractivity contribution in [2.75, 3.05) is 17.3 Å². The zero-order valence-electron chi connectivity index (χ0n) is 21.4. The normalized spacial score (nSPS) is 20.0. The first-order valence-electron chi connectivity index (χ1n) is 13.4. The Balaban J connectivity index is 1.30. The first-order chi connectivity index (χ1) is 18.7. The number of nitrogens with one attached hydrogen (secondary N) is 1. The molecule has 3 aromatic carbocycles. The van der Waals surface area contributed by atoms with Gasteiger partial charge >= 0.3 is 0 Å². The van der Waals surface area contributed by atoms with E-state index in [-0.39, 0.29) is 18.0 Å². The van der Waals surface area contributed by atoms with E-state index >= 15 is 0 Å². The molecule has 7 rings (SSSR count). The number of aliphatic imine (C=N–C) groups is 1. The van der Waals surface area contributed by atoms with Crippen LogP contribution in [0, 0.1) is 0 Å². The second-order valence-corrected chi connectivity index (χ2v) is 10.3. The van der Waals surface area contributed by atoms with Gasteiger partial charge < -0.3 is 5.32 Å². The molecule has 0 bridgehead atoms. The Morgan fingerprint density at radius 2 is 1.55 bits per heavy atom. The lowest BCUT2D eigenvalue weighted by atomic mass is 9.90. The van der Waals surface area contributed by atoms with Crippen molar-refractivity contribution in [3.8, 4) is 11.1 Å². The van der Waals surface area contributed by atoms with Crippen LogP contribution in [0.2, 0.25) is 0 Å². The van der Waals surface area contributed by atoms with Crippen LogP contribution >= 0.6 is 0 Å². The van der Waals surface area contributed by atoms with Gasteiger partial charge in [-0.25, -0.2) is 9.67 Å². The monoisotopic (exact) mass is 502 g/mol. The predicted octanol–water partition coefficient (Wildman–Crippen LogP) is 5.91. The number of aromatic nitrogens is 2. The van der Waals surface area contributed by atoms with Crippen LogP contribution in [0.4, 0.5) is 17.3 Å². The third-order valence-corrected chi connectivity index (χ3v) is 7.93. The van der Waals surface area contributed by atoms with E-state index in [0.29, 0.717) is 17.9 Å². The molecule has 2 aliphatic heterocycles. The molecule has 1 fully saturated rings. The van der Waals surface area contributed by atoms with Gasteiger partial charge in [0.2, 0.25) is 5.96 Å². The molecule has 3 heterocycles. The molecule has 7 nitrogen and oxygen atoms in total. The van der Waals surface area contributed by atoms with Crippen LogP contribution in [0.15, 0.2) is 89.9 Å². The van der Waals surface area contributed by atoms with Crippen LogP contribution in [0.3, 0.4) is 0 Å². The maximum atomic E-state index is 13.8. The summed E-state index contributed by atoms with van der Waals surface area (Å²) in [6, 6.07) is 29.4. The van der Waals surface area contributed by atoms with Crippen molar-refractivity contribution < 1.29 is 4.79 Å². The number of fused-ring (bicyclic) bond motifs is 5. The summed E-state index contributed by atoms with van der Waals surface area (Å²) in [5.74, 6) is 2.11. The molecule has 38 heavy (non-hydrogen) atoms. The number of rotatable bonds is 5. The molecule has 0 unspecified atom stereocenters.